The van der Waals surface area contributed by atoms with E-state index in [9.17, 15) is 0 Å². The number of furan rings is 1. The number of hydrogen-bond donors (Lipinski definition) is 0. The minimum absolute atomic E-state index is 0.857. The molecule has 0 bridgehead atoms. The van der Waals surface area contributed by atoms with E-state index in [2.05, 4.69) is 254 Å². The van der Waals surface area contributed by atoms with Gasteiger partial charge in [0, 0.05) is 36.8 Å². The van der Waals surface area contributed by atoms with Crippen LogP contribution in [0, 0.1) is 0 Å². The largest absolute Gasteiger partial charge is 0.455 e. The van der Waals surface area contributed by atoms with Crippen molar-refractivity contribution in [2.75, 3.05) is 4.90 Å². The number of nitrogens with zero attached hydrogens (tertiary/aromatic N) is 1. The Kier molecular flexibility index (Phi) is 9.40. The summed E-state index contributed by atoms with van der Waals surface area (Å²) in [4.78, 5) is 2.46. The van der Waals surface area contributed by atoms with Crippen molar-refractivity contribution in [3.05, 3.63) is 249 Å². The fraction of sp³-hybridized carbons (Fsp3) is 0. The van der Waals surface area contributed by atoms with Crippen LogP contribution in [-0.4, -0.2) is 0 Å². The molecule has 2 nitrogen and oxygen atoms in total. The van der Waals surface area contributed by atoms with Gasteiger partial charge in [-0.1, -0.05) is 194 Å². The Bertz CT molecular complexity index is 3940. The van der Waals surface area contributed by atoms with Crippen LogP contribution >= 0.6 is 11.3 Å². The molecule has 0 radical (unpaired) electrons. The smallest absolute Gasteiger partial charge is 0.145 e. The molecule has 13 aromatic rings. The normalized spacial score (nSPS) is 11.6. The summed E-state index contributed by atoms with van der Waals surface area (Å²) in [5.74, 6) is 0. The van der Waals surface area contributed by atoms with Crippen molar-refractivity contribution >= 4 is 81.3 Å². The number of hydrogen-bond acceptors (Lipinski definition) is 3. The SMILES string of the molecule is c1ccc(-c2ccc3c(c2)oc2c(-c4ccccc4)ccc(N(c4ccc(-c5ccc(-c6cccc7ccccc67)cc5)cc4)c4cccc5sc6cc(-c7ccccc7)ccc6c45)c23)cc1. The summed E-state index contributed by atoms with van der Waals surface area (Å²) in [6.07, 6.45) is 0. The van der Waals surface area contributed by atoms with Crippen LogP contribution in [0.5, 0.6) is 0 Å². The lowest BCUT2D eigenvalue weighted by Gasteiger charge is -2.28. The van der Waals surface area contributed by atoms with E-state index in [1.807, 2.05) is 11.3 Å². The standard InChI is InChI=1S/C64H41NOS/c1-4-14-42(15-5-1)49-32-36-55-59(40-49)66-64-54(47-18-8-3-9-19-47)38-39-58(63(55)64)65(57-24-13-25-60-62(57)56-37-33-50(41-61(56)67-60)43-16-6-2-7-17-43)51-34-30-45(31-35-51)44-26-28-48(29-27-44)53-23-12-21-46-20-10-11-22-52(46)53/h1-41H. The molecule has 13 rings (SSSR count). The van der Waals surface area contributed by atoms with Gasteiger partial charge in [-0.15, -0.1) is 11.3 Å². The van der Waals surface area contributed by atoms with Crippen LogP contribution in [-0.2, 0) is 0 Å². The van der Waals surface area contributed by atoms with Crippen molar-refractivity contribution in [2.24, 2.45) is 0 Å². The van der Waals surface area contributed by atoms with Gasteiger partial charge < -0.3 is 9.32 Å². The third kappa shape index (κ3) is 6.79. The molecule has 0 amide bonds. The zero-order valence-corrected chi connectivity index (χ0v) is 37.3. The molecule has 0 aliphatic heterocycles. The first-order valence-electron chi connectivity index (χ1n) is 22.8. The summed E-state index contributed by atoms with van der Waals surface area (Å²) in [5.41, 5.74) is 16.6. The number of fused-ring (bicyclic) bond motifs is 7. The van der Waals surface area contributed by atoms with Crippen molar-refractivity contribution in [3.63, 3.8) is 0 Å². The zero-order chi connectivity index (χ0) is 44.3. The molecule has 0 aliphatic carbocycles. The Morgan fingerprint density at radius 3 is 1.58 bits per heavy atom. The minimum atomic E-state index is 0.857. The van der Waals surface area contributed by atoms with E-state index >= 15 is 0 Å². The summed E-state index contributed by atoms with van der Waals surface area (Å²) in [5, 5.41) is 7.14. The topological polar surface area (TPSA) is 16.4 Å². The Balaban J connectivity index is 1.01. The van der Waals surface area contributed by atoms with Crippen LogP contribution in [0.2, 0.25) is 0 Å². The predicted molar refractivity (Wildman–Crippen MR) is 286 cm³/mol. The first-order chi connectivity index (χ1) is 33.2. The lowest BCUT2D eigenvalue weighted by molar-refractivity contribution is 0.670. The molecule has 0 spiro atoms. The maximum absolute atomic E-state index is 7.08. The van der Waals surface area contributed by atoms with Crippen molar-refractivity contribution < 1.29 is 4.42 Å². The summed E-state index contributed by atoms with van der Waals surface area (Å²) in [6.45, 7) is 0. The summed E-state index contributed by atoms with van der Waals surface area (Å²) >= 11 is 1.85. The van der Waals surface area contributed by atoms with Crippen LogP contribution in [0.4, 0.5) is 17.1 Å². The van der Waals surface area contributed by atoms with Gasteiger partial charge in [0.05, 0.1) is 16.8 Å². The van der Waals surface area contributed by atoms with E-state index in [1.54, 1.807) is 0 Å². The Morgan fingerprint density at radius 2 is 0.851 bits per heavy atom. The van der Waals surface area contributed by atoms with Gasteiger partial charge in [0.1, 0.15) is 11.2 Å². The molecule has 0 fully saturated rings. The van der Waals surface area contributed by atoms with Gasteiger partial charge in [-0.2, -0.15) is 0 Å². The highest BCUT2D eigenvalue weighted by atomic mass is 32.1. The average molecular weight is 872 g/mol. The molecule has 0 saturated carbocycles. The van der Waals surface area contributed by atoms with Gasteiger partial charge in [0.2, 0.25) is 0 Å². The van der Waals surface area contributed by atoms with Gasteiger partial charge in [0.15, 0.2) is 0 Å². The highest BCUT2D eigenvalue weighted by Gasteiger charge is 2.25. The quantitative estimate of drug-likeness (QED) is 0.151. The molecular formula is C64H41NOS. The molecule has 314 valence electrons. The van der Waals surface area contributed by atoms with E-state index in [1.165, 1.54) is 58.8 Å². The summed E-state index contributed by atoms with van der Waals surface area (Å²) in [6, 6.07) is 90.0. The molecule has 0 unspecified atom stereocenters. The van der Waals surface area contributed by atoms with Crippen LogP contribution in [0.15, 0.2) is 253 Å². The van der Waals surface area contributed by atoms with Gasteiger partial charge in [-0.3, -0.25) is 0 Å². The molecule has 2 aromatic heterocycles. The van der Waals surface area contributed by atoms with Gasteiger partial charge in [-0.05, 0) is 115 Å². The fourth-order valence-corrected chi connectivity index (χ4v) is 11.2. The van der Waals surface area contributed by atoms with Crippen molar-refractivity contribution in [1.82, 2.24) is 0 Å². The predicted octanol–water partition coefficient (Wildman–Crippen LogP) is 18.9. The summed E-state index contributed by atoms with van der Waals surface area (Å²) < 4.78 is 9.58. The van der Waals surface area contributed by atoms with Crippen molar-refractivity contribution in [3.8, 4) is 55.6 Å². The van der Waals surface area contributed by atoms with Crippen molar-refractivity contribution in [2.45, 2.75) is 0 Å². The number of rotatable bonds is 8. The van der Waals surface area contributed by atoms with E-state index in [0.717, 1.165) is 66.8 Å². The Labute approximate surface area is 392 Å². The molecule has 3 heteroatoms. The third-order valence-electron chi connectivity index (χ3n) is 13.3. The first-order valence-corrected chi connectivity index (χ1v) is 23.6. The van der Waals surface area contributed by atoms with Crippen LogP contribution in [0.3, 0.4) is 0 Å². The van der Waals surface area contributed by atoms with Crippen LogP contribution in [0.1, 0.15) is 0 Å². The number of anilines is 3. The highest BCUT2D eigenvalue weighted by molar-refractivity contribution is 7.26. The lowest BCUT2D eigenvalue weighted by Crippen LogP contribution is -2.11. The molecule has 0 atom stereocenters. The second-order valence-electron chi connectivity index (χ2n) is 17.2. The molecule has 0 aliphatic rings. The molecule has 11 aromatic carbocycles. The molecule has 0 saturated heterocycles. The van der Waals surface area contributed by atoms with Crippen LogP contribution < -0.4 is 4.90 Å². The first kappa shape index (κ1) is 38.9. The fourth-order valence-electron chi connectivity index (χ4n) is 10.0. The van der Waals surface area contributed by atoms with E-state index < -0.39 is 0 Å². The number of benzene rings is 11. The van der Waals surface area contributed by atoms with Gasteiger partial charge in [-0.25, -0.2) is 0 Å². The molecule has 0 N–H and O–H groups in total. The van der Waals surface area contributed by atoms with Gasteiger partial charge in [0.25, 0.3) is 0 Å². The van der Waals surface area contributed by atoms with Crippen LogP contribution in [0.25, 0.3) is 109 Å². The molecule has 67 heavy (non-hydrogen) atoms. The second kappa shape index (κ2) is 16.2. The molecule has 2 heterocycles. The third-order valence-corrected chi connectivity index (χ3v) is 14.4. The van der Waals surface area contributed by atoms with E-state index in [4.69, 9.17) is 4.42 Å². The lowest BCUT2D eigenvalue weighted by atomic mass is 9.96. The second-order valence-corrected chi connectivity index (χ2v) is 18.3. The minimum Gasteiger partial charge on any atom is -0.455 e. The molecular weight excluding hydrogens is 831 g/mol. The van der Waals surface area contributed by atoms with Gasteiger partial charge >= 0.3 is 0 Å². The van der Waals surface area contributed by atoms with Crippen molar-refractivity contribution in [1.29, 1.82) is 0 Å². The van der Waals surface area contributed by atoms with E-state index in [-0.39, 0.29) is 0 Å². The maximum Gasteiger partial charge on any atom is 0.145 e. The zero-order valence-electron chi connectivity index (χ0n) is 36.4. The number of thiophene rings is 1. The summed E-state index contributed by atoms with van der Waals surface area (Å²) in [7, 11) is 0. The maximum atomic E-state index is 7.08. The Morgan fingerprint density at radius 1 is 0.313 bits per heavy atom. The average Bonchev–Trinajstić information content (AvgIpc) is 3.98. The Hall–Kier alpha value is -8.50. The highest BCUT2D eigenvalue weighted by Crippen LogP contribution is 2.50. The van der Waals surface area contributed by atoms with E-state index in [0.29, 0.717) is 0 Å². The monoisotopic (exact) mass is 871 g/mol.